The molecular formula is C10H20O2. The molecule has 0 saturated carbocycles. The van der Waals surface area contributed by atoms with Crippen molar-refractivity contribution in [3.8, 4) is 0 Å². The van der Waals surface area contributed by atoms with E-state index in [4.69, 9.17) is 5.11 Å². The van der Waals surface area contributed by atoms with Gasteiger partial charge in [-0.1, -0.05) is 39.8 Å². The Hall–Kier alpha value is -0.790. The summed E-state index contributed by atoms with van der Waals surface area (Å²) in [6.07, 6.45) is 6.71. The molecule has 0 bridgehead atoms. The van der Waals surface area contributed by atoms with Crippen molar-refractivity contribution in [2.24, 2.45) is 5.92 Å². The molecule has 0 atom stereocenters. The fourth-order valence-corrected chi connectivity index (χ4v) is 0.333. The largest absolute Gasteiger partial charge is 0.481 e. The minimum absolute atomic E-state index is 0.231. The summed E-state index contributed by atoms with van der Waals surface area (Å²) in [5, 5.41) is 7.99. The highest BCUT2D eigenvalue weighted by Crippen LogP contribution is 1.87. The maximum absolute atomic E-state index is 9.70. The Morgan fingerprint density at radius 3 is 1.58 bits per heavy atom. The van der Waals surface area contributed by atoms with Gasteiger partial charge in [0.15, 0.2) is 0 Å². The van der Waals surface area contributed by atoms with Crippen LogP contribution in [0.25, 0.3) is 0 Å². The highest BCUT2D eigenvalue weighted by atomic mass is 16.4. The summed E-state index contributed by atoms with van der Waals surface area (Å²) in [6, 6.07) is 0. The van der Waals surface area contributed by atoms with E-state index in [1.54, 1.807) is 13.8 Å². The molecule has 2 heteroatoms. The molecule has 1 N–H and O–H groups in total. The molecule has 0 unspecified atom stereocenters. The summed E-state index contributed by atoms with van der Waals surface area (Å²) in [4.78, 5) is 9.70. The predicted molar refractivity (Wildman–Crippen MR) is 52.2 cm³/mol. The third kappa shape index (κ3) is 16.1. The number of rotatable bonds is 3. The molecule has 72 valence electrons. The lowest BCUT2D eigenvalue weighted by Crippen LogP contribution is -2.03. The van der Waals surface area contributed by atoms with E-state index in [9.17, 15) is 4.79 Å². The van der Waals surface area contributed by atoms with Crippen molar-refractivity contribution >= 4 is 5.97 Å². The van der Waals surface area contributed by atoms with E-state index in [1.165, 1.54) is 12.8 Å². The lowest BCUT2D eigenvalue weighted by Gasteiger charge is -1.89. The van der Waals surface area contributed by atoms with Crippen molar-refractivity contribution in [3.05, 3.63) is 12.2 Å². The Labute approximate surface area is 75.3 Å². The number of aliphatic carboxylic acids is 1. The lowest BCUT2D eigenvalue weighted by molar-refractivity contribution is -0.140. The summed E-state index contributed by atoms with van der Waals surface area (Å²) in [5.41, 5.74) is 0. The van der Waals surface area contributed by atoms with Gasteiger partial charge < -0.3 is 5.11 Å². The first kappa shape index (κ1) is 13.8. The van der Waals surface area contributed by atoms with Crippen LogP contribution in [0.3, 0.4) is 0 Å². The number of allylic oxidation sites excluding steroid dienone is 2. The first-order valence-electron chi connectivity index (χ1n) is 4.44. The molecule has 0 aliphatic heterocycles. The molecule has 0 aliphatic carbocycles. The molecular weight excluding hydrogens is 152 g/mol. The zero-order valence-electron chi connectivity index (χ0n) is 8.50. The number of carboxylic acids is 1. The standard InChI is InChI=1S/C6H12.C4H8O2/c1-3-5-6-4-2;1-3(2)4(5)6/h5-6H,3-4H2,1-2H3;3H,1-2H3,(H,5,6). The van der Waals surface area contributed by atoms with E-state index >= 15 is 0 Å². The fraction of sp³-hybridized carbons (Fsp3) is 0.700. The first-order valence-corrected chi connectivity index (χ1v) is 4.44. The smallest absolute Gasteiger partial charge is 0.305 e. The second-order valence-electron chi connectivity index (χ2n) is 2.78. The van der Waals surface area contributed by atoms with Crippen LogP contribution in [0.5, 0.6) is 0 Å². The molecule has 0 fully saturated rings. The quantitative estimate of drug-likeness (QED) is 0.664. The van der Waals surface area contributed by atoms with E-state index < -0.39 is 5.97 Å². The van der Waals surface area contributed by atoms with Gasteiger partial charge in [-0.25, -0.2) is 0 Å². The third-order valence-corrected chi connectivity index (χ3v) is 1.13. The molecule has 0 aliphatic rings. The van der Waals surface area contributed by atoms with Crippen LogP contribution < -0.4 is 0 Å². The van der Waals surface area contributed by atoms with Crippen molar-refractivity contribution < 1.29 is 9.90 Å². The molecule has 0 heterocycles. The van der Waals surface area contributed by atoms with Crippen LogP contribution in [0.2, 0.25) is 0 Å². The number of carbonyl (C=O) groups is 1. The molecule has 0 spiro atoms. The van der Waals surface area contributed by atoms with Crippen molar-refractivity contribution in [1.29, 1.82) is 0 Å². The Balaban J connectivity index is 0. The van der Waals surface area contributed by atoms with E-state index in [1.807, 2.05) is 0 Å². The van der Waals surface area contributed by atoms with Crippen LogP contribution in [-0.2, 0) is 4.79 Å². The van der Waals surface area contributed by atoms with Gasteiger partial charge in [-0.3, -0.25) is 4.79 Å². The minimum atomic E-state index is -0.741. The Kier molecular flexibility index (Phi) is 11.7. The average molecular weight is 172 g/mol. The molecule has 12 heavy (non-hydrogen) atoms. The Bertz CT molecular complexity index is 120. The van der Waals surface area contributed by atoms with Gasteiger partial charge >= 0.3 is 5.97 Å². The van der Waals surface area contributed by atoms with Crippen molar-refractivity contribution in [2.45, 2.75) is 40.5 Å². The van der Waals surface area contributed by atoms with E-state index in [0.717, 1.165) is 0 Å². The summed E-state index contributed by atoms with van der Waals surface area (Å²) >= 11 is 0. The fourth-order valence-electron chi connectivity index (χ4n) is 0.333. The van der Waals surface area contributed by atoms with Crippen LogP contribution >= 0.6 is 0 Å². The second-order valence-corrected chi connectivity index (χ2v) is 2.78. The highest BCUT2D eigenvalue weighted by molar-refractivity contribution is 5.68. The highest BCUT2D eigenvalue weighted by Gasteiger charge is 1.99. The van der Waals surface area contributed by atoms with Gasteiger partial charge in [-0.15, -0.1) is 0 Å². The van der Waals surface area contributed by atoms with Crippen molar-refractivity contribution in [3.63, 3.8) is 0 Å². The van der Waals surface area contributed by atoms with Crippen molar-refractivity contribution in [1.82, 2.24) is 0 Å². The molecule has 0 radical (unpaired) electrons. The molecule has 0 amide bonds. The topological polar surface area (TPSA) is 37.3 Å². The Morgan fingerprint density at radius 1 is 1.25 bits per heavy atom. The maximum atomic E-state index is 9.70. The molecule has 0 aromatic carbocycles. The van der Waals surface area contributed by atoms with Crippen LogP contribution in [0.4, 0.5) is 0 Å². The van der Waals surface area contributed by atoms with Gasteiger partial charge in [-0.05, 0) is 12.8 Å². The van der Waals surface area contributed by atoms with Crippen LogP contribution in [0.15, 0.2) is 12.2 Å². The van der Waals surface area contributed by atoms with Crippen molar-refractivity contribution in [2.75, 3.05) is 0 Å². The van der Waals surface area contributed by atoms with E-state index in [2.05, 4.69) is 26.0 Å². The van der Waals surface area contributed by atoms with Crippen LogP contribution in [-0.4, -0.2) is 11.1 Å². The van der Waals surface area contributed by atoms with Gasteiger partial charge in [0.2, 0.25) is 0 Å². The van der Waals surface area contributed by atoms with Crippen LogP contribution in [0.1, 0.15) is 40.5 Å². The van der Waals surface area contributed by atoms with Gasteiger partial charge in [0, 0.05) is 0 Å². The lowest BCUT2D eigenvalue weighted by atomic mass is 10.2. The van der Waals surface area contributed by atoms with Gasteiger partial charge in [0.25, 0.3) is 0 Å². The zero-order chi connectivity index (χ0) is 9.98. The van der Waals surface area contributed by atoms with Crippen LogP contribution in [0, 0.1) is 5.92 Å². The SMILES string of the molecule is CC(C)C(=O)O.CCC=CCC. The summed E-state index contributed by atoms with van der Waals surface area (Å²) in [7, 11) is 0. The number of hydrogen-bond donors (Lipinski definition) is 1. The van der Waals surface area contributed by atoms with Gasteiger partial charge in [0.05, 0.1) is 5.92 Å². The number of carboxylic acid groups (broad SMARTS) is 1. The molecule has 0 aromatic heterocycles. The molecule has 2 nitrogen and oxygen atoms in total. The summed E-state index contributed by atoms with van der Waals surface area (Å²) in [6.45, 7) is 7.57. The van der Waals surface area contributed by atoms with Gasteiger partial charge in [0.1, 0.15) is 0 Å². The Morgan fingerprint density at radius 2 is 1.50 bits per heavy atom. The second kappa shape index (κ2) is 10.2. The van der Waals surface area contributed by atoms with E-state index in [0.29, 0.717) is 0 Å². The minimum Gasteiger partial charge on any atom is -0.481 e. The predicted octanol–water partition coefficient (Wildman–Crippen LogP) is 3.09. The normalized spacial score (nSPS) is 9.75. The van der Waals surface area contributed by atoms with E-state index in [-0.39, 0.29) is 5.92 Å². The first-order chi connectivity index (χ1) is 5.56. The maximum Gasteiger partial charge on any atom is 0.305 e. The summed E-state index contributed by atoms with van der Waals surface area (Å²) in [5.74, 6) is -0.972. The third-order valence-electron chi connectivity index (χ3n) is 1.13. The molecule has 0 saturated heterocycles. The molecule has 0 aromatic rings. The zero-order valence-corrected chi connectivity index (χ0v) is 8.50. The van der Waals surface area contributed by atoms with Gasteiger partial charge in [-0.2, -0.15) is 0 Å². The molecule has 0 rings (SSSR count). The summed E-state index contributed by atoms with van der Waals surface area (Å²) < 4.78 is 0. The monoisotopic (exact) mass is 172 g/mol. The number of hydrogen-bond acceptors (Lipinski definition) is 1. The average Bonchev–Trinajstić information content (AvgIpc) is 2.02.